The van der Waals surface area contributed by atoms with Crippen LogP contribution in [-0.2, 0) is 0 Å². The van der Waals surface area contributed by atoms with Crippen LogP contribution in [0, 0.1) is 6.92 Å². The van der Waals surface area contributed by atoms with Crippen molar-refractivity contribution < 1.29 is 4.74 Å². The molecule has 20 heavy (non-hydrogen) atoms. The first-order valence-corrected chi connectivity index (χ1v) is 6.25. The maximum Gasteiger partial charge on any atom is 0.215 e. The Morgan fingerprint density at radius 1 is 1.15 bits per heavy atom. The Kier molecular flexibility index (Phi) is 4.57. The average Bonchev–Trinajstić information content (AvgIpc) is 2.48. The second-order valence-electron chi connectivity index (χ2n) is 4.27. The van der Waals surface area contributed by atoms with Crippen LogP contribution in [0.2, 0.25) is 0 Å². The normalized spacial score (nSPS) is 11.1. The van der Waals surface area contributed by atoms with Gasteiger partial charge >= 0.3 is 0 Å². The number of guanidine groups is 1. The van der Waals surface area contributed by atoms with E-state index in [9.17, 15) is 0 Å². The summed E-state index contributed by atoms with van der Waals surface area (Å²) in [5.41, 5.74) is 5.26. The van der Waals surface area contributed by atoms with Gasteiger partial charge in [0.15, 0.2) is 0 Å². The van der Waals surface area contributed by atoms with E-state index in [2.05, 4.69) is 15.7 Å². The fourth-order valence-corrected chi connectivity index (χ4v) is 1.76. The molecule has 2 aromatic rings. The van der Waals surface area contributed by atoms with Crippen LogP contribution in [0.3, 0.4) is 0 Å². The fourth-order valence-electron chi connectivity index (χ4n) is 1.76. The monoisotopic (exact) mass is 270 g/mol. The van der Waals surface area contributed by atoms with E-state index in [4.69, 9.17) is 10.6 Å². The van der Waals surface area contributed by atoms with E-state index >= 15 is 0 Å². The van der Waals surface area contributed by atoms with Crippen LogP contribution in [0.1, 0.15) is 5.56 Å². The van der Waals surface area contributed by atoms with Crippen LogP contribution in [-0.4, -0.2) is 13.1 Å². The van der Waals surface area contributed by atoms with E-state index in [1.54, 1.807) is 7.11 Å². The summed E-state index contributed by atoms with van der Waals surface area (Å²) in [4.78, 5) is 4.45. The molecule has 0 fully saturated rings. The van der Waals surface area contributed by atoms with E-state index in [-0.39, 0.29) is 0 Å². The minimum absolute atomic E-state index is 0.445. The van der Waals surface area contributed by atoms with Crippen molar-refractivity contribution in [1.82, 2.24) is 5.43 Å². The van der Waals surface area contributed by atoms with E-state index < -0.39 is 0 Å². The van der Waals surface area contributed by atoms with Crippen LogP contribution in [0.15, 0.2) is 53.5 Å². The van der Waals surface area contributed by atoms with Crippen molar-refractivity contribution in [3.8, 4) is 5.75 Å². The quantitative estimate of drug-likeness (QED) is 0.347. The number of anilines is 1. The lowest BCUT2D eigenvalue weighted by molar-refractivity contribution is 0.416. The summed E-state index contributed by atoms with van der Waals surface area (Å²) < 4.78 is 5.29. The molecule has 104 valence electrons. The van der Waals surface area contributed by atoms with Gasteiger partial charge in [0.25, 0.3) is 0 Å². The van der Waals surface area contributed by atoms with Crippen LogP contribution in [0.25, 0.3) is 0 Å². The highest BCUT2D eigenvalue weighted by Gasteiger charge is 2.04. The molecular weight excluding hydrogens is 252 g/mol. The van der Waals surface area contributed by atoms with Gasteiger partial charge in [0.1, 0.15) is 11.4 Å². The Bertz CT molecular complexity index is 596. The van der Waals surface area contributed by atoms with Crippen molar-refractivity contribution in [2.24, 2.45) is 10.8 Å². The Morgan fingerprint density at radius 3 is 2.55 bits per heavy atom. The van der Waals surface area contributed by atoms with E-state index in [0.29, 0.717) is 17.4 Å². The number of rotatable bonds is 3. The molecule has 5 nitrogen and oxygen atoms in total. The first kappa shape index (κ1) is 13.9. The second-order valence-corrected chi connectivity index (χ2v) is 4.27. The van der Waals surface area contributed by atoms with Gasteiger partial charge in [-0.3, -0.25) is 5.43 Å². The largest absolute Gasteiger partial charge is 0.494 e. The van der Waals surface area contributed by atoms with Gasteiger partial charge in [0.2, 0.25) is 5.96 Å². The minimum Gasteiger partial charge on any atom is -0.494 e. The molecule has 0 amide bonds. The van der Waals surface area contributed by atoms with Crippen LogP contribution >= 0.6 is 0 Å². The SMILES string of the molecule is COc1ccc(C)cc1N=C(NN)Nc1ccccc1. The van der Waals surface area contributed by atoms with Crippen molar-refractivity contribution in [2.45, 2.75) is 6.92 Å². The van der Waals surface area contributed by atoms with E-state index in [1.807, 2.05) is 55.5 Å². The summed E-state index contributed by atoms with van der Waals surface area (Å²) in [6.07, 6.45) is 0. The molecule has 0 aliphatic rings. The van der Waals surface area contributed by atoms with E-state index in [1.165, 1.54) is 0 Å². The molecule has 0 aliphatic heterocycles. The average molecular weight is 270 g/mol. The van der Waals surface area contributed by atoms with Crippen molar-refractivity contribution >= 4 is 17.3 Å². The molecule has 0 aromatic heterocycles. The van der Waals surface area contributed by atoms with Gasteiger partial charge < -0.3 is 10.1 Å². The highest BCUT2D eigenvalue weighted by Crippen LogP contribution is 2.28. The molecule has 2 aromatic carbocycles. The Morgan fingerprint density at radius 2 is 1.90 bits per heavy atom. The number of aryl methyl sites for hydroxylation is 1. The fraction of sp³-hybridized carbons (Fsp3) is 0.133. The molecule has 0 bridgehead atoms. The molecule has 5 heteroatoms. The Hall–Kier alpha value is -2.53. The predicted molar refractivity (Wildman–Crippen MR) is 82.2 cm³/mol. The molecule has 0 radical (unpaired) electrons. The van der Waals surface area contributed by atoms with Gasteiger partial charge in [-0.1, -0.05) is 24.3 Å². The highest BCUT2D eigenvalue weighted by molar-refractivity contribution is 5.95. The number of hydrogen-bond donors (Lipinski definition) is 3. The maximum atomic E-state index is 5.51. The third-order valence-corrected chi connectivity index (χ3v) is 2.74. The molecule has 0 heterocycles. The molecule has 0 spiro atoms. The van der Waals surface area contributed by atoms with Gasteiger partial charge in [-0.15, -0.1) is 0 Å². The van der Waals surface area contributed by atoms with E-state index in [0.717, 1.165) is 11.3 Å². The van der Waals surface area contributed by atoms with Crippen molar-refractivity contribution in [2.75, 3.05) is 12.4 Å². The summed E-state index contributed by atoms with van der Waals surface area (Å²) in [6, 6.07) is 15.5. The lowest BCUT2D eigenvalue weighted by atomic mass is 10.2. The number of nitrogens with one attached hydrogen (secondary N) is 2. The zero-order valence-electron chi connectivity index (χ0n) is 11.6. The molecule has 0 saturated heterocycles. The first-order valence-electron chi connectivity index (χ1n) is 6.25. The number of benzene rings is 2. The van der Waals surface area contributed by atoms with Gasteiger partial charge in [-0.25, -0.2) is 10.8 Å². The zero-order valence-corrected chi connectivity index (χ0v) is 11.6. The standard InChI is InChI=1S/C15H18N4O/c1-11-8-9-14(20-2)13(10-11)18-15(19-16)17-12-6-4-3-5-7-12/h3-10H,16H2,1-2H3,(H2,17,18,19). The number of para-hydroxylation sites is 1. The van der Waals surface area contributed by atoms with Crippen molar-refractivity contribution in [1.29, 1.82) is 0 Å². The molecule has 0 atom stereocenters. The summed E-state index contributed by atoms with van der Waals surface area (Å²) in [5, 5.41) is 3.11. The van der Waals surface area contributed by atoms with Crippen LogP contribution in [0.5, 0.6) is 5.75 Å². The molecular formula is C15H18N4O. The molecule has 2 rings (SSSR count). The highest BCUT2D eigenvalue weighted by atomic mass is 16.5. The number of nitrogens with two attached hydrogens (primary N) is 1. The number of ether oxygens (including phenoxy) is 1. The first-order chi connectivity index (χ1) is 9.72. The van der Waals surface area contributed by atoms with Gasteiger partial charge in [-0.05, 0) is 36.8 Å². The van der Waals surface area contributed by atoms with Crippen molar-refractivity contribution in [3.63, 3.8) is 0 Å². The molecule has 0 unspecified atom stereocenters. The smallest absolute Gasteiger partial charge is 0.215 e. The summed E-state index contributed by atoms with van der Waals surface area (Å²) >= 11 is 0. The summed E-state index contributed by atoms with van der Waals surface area (Å²) in [5.74, 6) is 6.65. The molecule has 4 N–H and O–H groups in total. The number of aliphatic imine (C=N–C) groups is 1. The number of hydrogen-bond acceptors (Lipinski definition) is 3. The van der Waals surface area contributed by atoms with Crippen LogP contribution < -0.4 is 21.3 Å². The third kappa shape index (κ3) is 3.49. The lowest BCUT2D eigenvalue weighted by Crippen LogP contribution is -2.35. The predicted octanol–water partition coefficient (Wildman–Crippen LogP) is 2.57. The molecule has 0 aliphatic carbocycles. The number of methoxy groups -OCH3 is 1. The topological polar surface area (TPSA) is 71.7 Å². The maximum absolute atomic E-state index is 5.51. The third-order valence-electron chi connectivity index (χ3n) is 2.74. The Balaban J connectivity index is 2.29. The van der Waals surface area contributed by atoms with Gasteiger partial charge in [0, 0.05) is 5.69 Å². The number of hydrazine groups is 1. The zero-order chi connectivity index (χ0) is 14.4. The van der Waals surface area contributed by atoms with Crippen LogP contribution in [0.4, 0.5) is 11.4 Å². The summed E-state index contributed by atoms with van der Waals surface area (Å²) in [7, 11) is 1.61. The second kappa shape index (κ2) is 6.58. The lowest BCUT2D eigenvalue weighted by Gasteiger charge is -2.11. The minimum atomic E-state index is 0.445. The van der Waals surface area contributed by atoms with Gasteiger partial charge in [0.05, 0.1) is 7.11 Å². The Labute approximate surface area is 118 Å². The summed E-state index contributed by atoms with van der Waals surface area (Å²) in [6.45, 7) is 2.00. The van der Waals surface area contributed by atoms with Crippen molar-refractivity contribution in [3.05, 3.63) is 54.1 Å². The molecule has 0 saturated carbocycles. The number of nitrogens with zero attached hydrogens (tertiary/aromatic N) is 1. The van der Waals surface area contributed by atoms with Gasteiger partial charge in [-0.2, -0.15) is 0 Å².